The molecule has 0 bridgehead atoms. The van der Waals surface area contributed by atoms with Crippen LogP contribution in [0.2, 0.25) is 0 Å². The zero-order valence-electron chi connectivity index (χ0n) is 12.6. The van der Waals surface area contributed by atoms with Crippen LogP contribution in [0.15, 0.2) is 12.1 Å². The molecule has 0 saturated carbocycles. The maximum absolute atomic E-state index is 11.1. The van der Waals surface area contributed by atoms with Gasteiger partial charge in [0.2, 0.25) is 5.82 Å². The molecule has 1 aromatic heterocycles. The molecule has 0 radical (unpaired) electrons. The summed E-state index contributed by atoms with van der Waals surface area (Å²) in [5, 5.41) is 14.3. The zero-order chi connectivity index (χ0) is 15.0. The lowest BCUT2D eigenvalue weighted by Gasteiger charge is -2.18. The van der Waals surface area contributed by atoms with Gasteiger partial charge in [0.25, 0.3) is 0 Å². The molecule has 0 aromatic carbocycles. The number of hydrogen-bond acceptors (Lipinski definition) is 5. The fourth-order valence-electron chi connectivity index (χ4n) is 1.92. The fourth-order valence-corrected chi connectivity index (χ4v) is 1.92. The van der Waals surface area contributed by atoms with Gasteiger partial charge in [0.15, 0.2) is 0 Å². The van der Waals surface area contributed by atoms with Crippen molar-refractivity contribution in [2.45, 2.75) is 39.5 Å². The van der Waals surface area contributed by atoms with Crippen LogP contribution in [-0.2, 0) is 0 Å². The van der Waals surface area contributed by atoms with E-state index in [2.05, 4.69) is 24.1 Å². The Morgan fingerprint density at radius 3 is 2.65 bits per heavy atom. The highest BCUT2D eigenvalue weighted by Gasteiger charge is 2.19. The third-order valence-corrected chi connectivity index (χ3v) is 3.07. The Hall–Kier alpha value is -1.85. The lowest BCUT2D eigenvalue weighted by atomic mass is 10.2. The Morgan fingerprint density at radius 1 is 1.30 bits per heavy atom. The van der Waals surface area contributed by atoms with Crippen LogP contribution < -0.4 is 10.2 Å². The van der Waals surface area contributed by atoms with Crippen LogP contribution in [0.1, 0.15) is 39.5 Å². The molecule has 0 atom stereocenters. The van der Waals surface area contributed by atoms with Gasteiger partial charge < -0.3 is 10.2 Å². The van der Waals surface area contributed by atoms with E-state index in [1.807, 2.05) is 11.9 Å². The molecular formula is C14H24N4O2. The van der Waals surface area contributed by atoms with Crippen LogP contribution >= 0.6 is 0 Å². The van der Waals surface area contributed by atoms with E-state index >= 15 is 0 Å². The summed E-state index contributed by atoms with van der Waals surface area (Å²) < 4.78 is 0. The monoisotopic (exact) mass is 280 g/mol. The minimum absolute atomic E-state index is 0.0612. The Kier molecular flexibility index (Phi) is 6.76. The van der Waals surface area contributed by atoms with Crippen LogP contribution in [0.25, 0.3) is 0 Å². The molecule has 0 fully saturated rings. The van der Waals surface area contributed by atoms with Crippen molar-refractivity contribution < 1.29 is 4.92 Å². The summed E-state index contributed by atoms with van der Waals surface area (Å²) in [4.78, 5) is 17.0. The predicted molar refractivity (Wildman–Crippen MR) is 82.5 cm³/mol. The first kappa shape index (κ1) is 16.2. The Labute approximate surface area is 120 Å². The first-order chi connectivity index (χ1) is 9.60. The molecule has 1 heterocycles. The van der Waals surface area contributed by atoms with Crippen molar-refractivity contribution in [3.8, 4) is 0 Å². The van der Waals surface area contributed by atoms with Gasteiger partial charge in [-0.3, -0.25) is 10.1 Å². The van der Waals surface area contributed by atoms with Crippen molar-refractivity contribution in [1.29, 1.82) is 0 Å². The minimum Gasteiger partial charge on any atom is -0.370 e. The summed E-state index contributed by atoms with van der Waals surface area (Å²) in [6.45, 7) is 5.79. The van der Waals surface area contributed by atoms with Gasteiger partial charge in [0.1, 0.15) is 5.82 Å². The third kappa shape index (κ3) is 4.68. The van der Waals surface area contributed by atoms with Crippen LogP contribution in [-0.4, -0.2) is 30.0 Å². The quantitative estimate of drug-likeness (QED) is 0.426. The smallest absolute Gasteiger partial charge is 0.311 e. The van der Waals surface area contributed by atoms with E-state index < -0.39 is 0 Å². The summed E-state index contributed by atoms with van der Waals surface area (Å²) in [5.74, 6) is 1.13. The summed E-state index contributed by atoms with van der Waals surface area (Å²) in [6, 6.07) is 3.19. The minimum atomic E-state index is -0.373. The summed E-state index contributed by atoms with van der Waals surface area (Å²) >= 11 is 0. The highest BCUT2D eigenvalue weighted by molar-refractivity contribution is 5.61. The van der Waals surface area contributed by atoms with E-state index in [0.29, 0.717) is 11.6 Å². The van der Waals surface area contributed by atoms with E-state index in [4.69, 9.17) is 0 Å². The maximum Gasteiger partial charge on any atom is 0.311 e. The van der Waals surface area contributed by atoms with Gasteiger partial charge in [0, 0.05) is 26.2 Å². The van der Waals surface area contributed by atoms with Gasteiger partial charge in [-0.1, -0.05) is 26.7 Å². The number of aromatic nitrogens is 1. The summed E-state index contributed by atoms with van der Waals surface area (Å²) in [7, 11) is 1.86. The van der Waals surface area contributed by atoms with Crippen LogP contribution in [0, 0.1) is 10.1 Å². The lowest BCUT2D eigenvalue weighted by molar-refractivity contribution is -0.384. The second-order valence-corrected chi connectivity index (χ2v) is 4.85. The predicted octanol–water partition coefficient (Wildman–Crippen LogP) is 3.44. The van der Waals surface area contributed by atoms with E-state index in [-0.39, 0.29) is 10.6 Å². The number of nitro groups is 1. The highest BCUT2D eigenvalue weighted by Crippen LogP contribution is 2.27. The zero-order valence-corrected chi connectivity index (χ0v) is 12.6. The molecule has 0 aliphatic carbocycles. The molecule has 1 rings (SSSR count). The van der Waals surface area contributed by atoms with Crippen LogP contribution in [0.5, 0.6) is 0 Å². The maximum atomic E-state index is 11.1. The van der Waals surface area contributed by atoms with Crippen molar-refractivity contribution in [2.75, 3.05) is 30.4 Å². The largest absolute Gasteiger partial charge is 0.370 e. The molecule has 6 nitrogen and oxygen atoms in total. The molecule has 1 N–H and O–H groups in total. The SMILES string of the molecule is CCCCCN(C)c1nc(NCCC)ccc1[N+](=O)[O-]. The molecule has 0 aliphatic rings. The lowest BCUT2D eigenvalue weighted by Crippen LogP contribution is -2.21. The number of pyridine rings is 1. The summed E-state index contributed by atoms with van der Waals surface area (Å²) in [5.41, 5.74) is 0.0612. The van der Waals surface area contributed by atoms with Crippen molar-refractivity contribution >= 4 is 17.3 Å². The number of nitrogens with zero attached hydrogens (tertiary/aromatic N) is 3. The molecule has 0 unspecified atom stereocenters. The van der Waals surface area contributed by atoms with Crippen molar-refractivity contribution in [3.63, 3.8) is 0 Å². The van der Waals surface area contributed by atoms with Crippen LogP contribution in [0.4, 0.5) is 17.3 Å². The molecular weight excluding hydrogens is 256 g/mol. The van der Waals surface area contributed by atoms with Gasteiger partial charge in [0.05, 0.1) is 4.92 Å². The van der Waals surface area contributed by atoms with Crippen molar-refractivity contribution in [2.24, 2.45) is 0 Å². The molecule has 0 amide bonds. The molecule has 20 heavy (non-hydrogen) atoms. The molecule has 6 heteroatoms. The van der Waals surface area contributed by atoms with E-state index in [1.54, 1.807) is 6.07 Å². The highest BCUT2D eigenvalue weighted by atomic mass is 16.6. The molecule has 1 aromatic rings. The van der Waals surface area contributed by atoms with Gasteiger partial charge in [-0.25, -0.2) is 4.98 Å². The first-order valence-corrected chi connectivity index (χ1v) is 7.20. The number of unbranched alkanes of at least 4 members (excludes halogenated alkanes) is 2. The third-order valence-electron chi connectivity index (χ3n) is 3.07. The number of anilines is 2. The van der Waals surface area contributed by atoms with Gasteiger partial charge >= 0.3 is 5.69 Å². The standard InChI is InChI=1S/C14H24N4O2/c1-4-6-7-11-17(3)14-12(18(19)20)8-9-13(16-14)15-10-5-2/h8-9H,4-7,10-11H2,1-3H3,(H,15,16). The van der Waals surface area contributed by atoms with E-state index in [9.17, 15) is 10.1 Å². The van der Waals surface area contributed by atoms with Crippen molar-refractivity contribution in [1.82, 2.24) is 4.98 Å². The fraction of sp³-hybridized carbons (Fsp3) is 0.643. The Bertz CT molecular complexity index is 437. The number of rotatable bonds is 9. The second kappa shape index (κ2) is 8.35. The normalized spacial score (nSPS) is 10.3. The Balaban J connectivity index is 2.89. The van der Waals surface area contributed by atoms with Gasteiger partial charge in [-0.2, -0.15) is 0 Å². The van der Waals surface area contributed by atoms with Crippen molar-refractivity contribution in [3.05, 3.63) is 22.2 Å². The topological polar surface area (TPSA) is 71.3 Å². The summed E-state index contributed by atoms with van der Waals surface area (Å²) in [6.07, 6.45) is 4.24. The first-order valence-electron chi connectivity index (χ1n) is 7.20. The van der Waals surface area contributed by atoms with Gasteiger partial charge in [-0.05, 0) is 18.9 Å². The molecule has 0 saturated heterocycles. The number of nitrogens with one attached hydrogen (secondary N) is 1. The van der Waals surface area contributed by atoms with E-state index in [0.717, 1.165) is 38.8 Å². The van der Waals surface area contributed by atoms with Gasteiger partial charge in [-0.15, -0.1) is 0 Å². The molecule has 0 spiro atoms. The average Bonchev–Trinajstić information content (AvgIpc) is 2.44. The number of hydrogen-bond donors (Lipinski definition) is 1. The van der Waals surface area contributed by atoms with E-state index in [1.165, 1.54) is 6.07 Å². The molecule has 112 valence electrons. The molecule has 0 aliphatic heterocycles. The Morgan fingerprint density at radius 2 is 2.05 bits per heavy atom. The average molecular weight is 280 g/mol. The second-order valence-electron chi connectivity index (χ2n) is 4.85. The van der Waals surface area contributed by atoms with Crippen LogP contribution in [0.3, 0.4) is 0 Å².